The van der Waals surface area contributed by atoms with Crippen molar-refractivity contribution in [2.45, 2.75) is 27.2 Å². The second-order valence-corrected chi connectivity index (χ2v) is 3.32. The molecule has 0 saturated carbocycles. The van der Waals surface area contributed by atoms with Crippen LogP contribution >= 0.6 is 0 Å². The Morgan fingerprint density at radius 1 is 1.50 bits per heavy atom. The molecule has 72 valence electrons. The van der Waals surface area contributed by atoms with Crippen LogP contribution < -0.4 is 5.32 Å². The molecule has 0 heterocycles. The van der Waals surface area contributed by atoms with Crippen molar-refractivity contribution in [1.82, 2.24) is 10.2 Å². The van der Waals surface area contributed by atoms with Crippen molar-refractivity contribution in [3.05, 3.63) is 0 Å². The van der Waals surface area contributed by atoms with Crippen LogP contribution in [0, 0.1) is 5.92 Å². The van der Waals surface area contributed by atoms with Gasteiger partial charge in [0.25, 0.3) is 0 Å². The monoisotopic (exact) mass is 172 g/mol. The average Bonchev–Trinajstić information content (AvgIpc) is 2.04. The lowest BCUT2D eigenvalue weighted by atomic mass is 10.1. The predicted octanol–water partition coefficient (Wildman–Crippen LogP) is 1.69. The van der Waals surface area contributed by atoms with E-state index in [1.807, 2.05) is 11.8 Å². The Morgan fingerprint density at radius 3 is 2.42 bits per heavy atom. The van der Waals surface area contributed by atoms with Gasteiger partial charge in [-0.1, -0.05) is 13.8 Å². The number of carbonyl (C=O) groups excluding carboxylic acids is 1. The van der Waals surface area contributed by atoms with Gasteiger partial charge in [-0.15, -0.1) is 0 Å². The van der Waals surface area contributed by atoms with Gasteiger partial charge in [0.1, 0.15) is 0 Å². The molecule has 1 N–H and O–H groups in total. The zero-order valence-corrected chi connectivity index (χ0v) is 8.55. The third kappa shape index (κ3) is 4.21. The van der Waals surface area contributed by atoms with Gasteiger partial charge >= 0.3 is 6.03 Å². The van der Waals surface area contributed by atoms with Crippen molar-refractivity contribution in [1.29, 1.82) is 0 Å². The Balaban J connectivity index is 3.75. The minimum Gasteiger partial charge on any atom is -0.341 e. The van der Waals surface area contributed by atoms with Crippen LogP contribution in [0.2, 0.25) is 0 Å². The first-order valence-electron chi connectivity index (χ1n) is 4.58. The molecule has 0 atom stereocenters. The molecular weight excluding hydrogens is 152 g/mol. The first-order valence-corrected chi connectivity index (χ1v) is 4.58. The second kappa shape index (κ2) is 5.86. The summed E-state index contributed by atoms with van der Waals surface area (Å²) in [5, 5.41) is 2.63. The highest BCUT2D eigenvalue weighted by molar-refractivity contribution is 5.73. The fourth-order valence-corrected chi connectivity index (χ4v) is 0.975. The Labute approximate surface area is 75.1 Å². The molecule has 0 aliphatic rings. The minimum absolute atomic E-state index is 0.0261. The fraction of sp³-hybridized carbons (Fsp3) is 0.889. The van der Waals surface area contributed by atoms with Crippen LogP contribution in [0.1, 0.15) is 27.2 Å². The van der Waals surface area contributed by atoms with Gasteiger partial charge in [-0.3, -0.25) is 0 Å². The highest BCUT2D eigenvalue weighted by Crippen LogP contribution is 2.01. The van der Waals surface area contributed by atoms with E-state index < -0.39 is 0 Å². The smallest absolute Gasteiger partial charge is 0.317 e. The molecule has 12 heavy (non-hydrogen) atoms. The lowest BCUT2D eigenvalue weighted by molar-refractivity contribution is 0.200. The molecule has 3 nitrogen and oxygen atoms in total. The summed E-state index contributed by atoms with van der Waals surface area (Å²) in [6, 6.07) is 0.0261. The number of urea groups is 1. The maximum Gasteiger partial charge on any atom is 0.317 e. The van der Waals surface area contributed by atoms with E-state index in [1.54, 1.807) is 7.05 Å². The predicted molar refractivity (Wildman–Crippen MR) is 51.2 cm³/mol. The molecule has 0 spiro atoms. The van der Waals surface area contributed by atoms with Gasteiger partial charge in [-0.25, -0.2) is 4.79 Å². The van der Waals surface area contributed by atoms with Crippen LogP contribution in [-0.4, -0.2) is 31.1 Å². The van der Waals surface area contributed by atoms with Gasteiger partial charge < -0.3 is 10.2 Å². The molecule has 0 aliphatic carbocycles. The van der Waals surface area contributed by atoms with Crippen molar-refractivity contribution in [3.63, 3.8) is 0 Å². The van der Waals surface area contributed by atoms with Gasteiger partial charge in [-0.2, -0.15) is 0 Å². The first-order chi connectivity index (χ1) is 5.61. The van der Waals surface area contributed by atoms with Crippen molar-refractivity contribution in [2.75, 3.05) is 20.1 Å². The van der Waals surface area contributed by atoms with Gasteiger partial charge in [0.2, 0.25) is 0 Å². The zero-order valence-electron chi connectivity index (χ0n) is 8.55. The molecule has 0 fully saturated rings. The van der Waals surface area contributed by atoms with Crippen LogP contribution in [0.15, 0.2) is 0 Å². The van der Waals surface area contributed by atoms with Crippen LogP contribution in [0.25, 0.3) is 0 Å². The quantitative estimate of drug-likeness (QED) is 0.687. The summed E-state index contributed by atoms with van der Waals surface area (Å²) in [4.78, 5) is 13.0. The van der Waals surface area contributed by atoms with E-state index in [0.717, 1.165) is 19.5 Å². The number of amides is 2. The van der Waals surface area contributed by atoms with E-state index in [4.69, 9.17) is 0 Å². The molecule has 0 bridgehead atoms. The number of nitrogens with one attached hydrogen (secondary N) is 1. The maximum atomic E-state index is 11.2. The SMILES string of the molecule is CCN(CCC(C)C)C(=O)NC. The third-order valence-corrected chi connectivity index (χ3v) is 1.86. The Morgan fingerprint density at radius 2 is 2.08 bits per heavy atom. The fourth-order valence-electron chi connectivity index (χ4n) is 0.975. The van der Waals surface area contributed by atoms with Gasteiger partial charge in [0, 0.05) is 20.1 Å². The lowest BCUT2D eigenvalue weighted by Gasteiger charge is -2.20. The molecule has 0 saturated heterocycles. The topological polar surface area (TPSA) is 32.3 Å². The minimum atomic E-state index is 0.0261. The van der Waals surface area contributed by atoms with Crippen LogP contribution in [0.5, 0.6) is 0 Å². The number of hydrogen-bond donors (Lipinski definition) is 1. The lowest BCUT2D eigenvalue weighted by Crippen LogP contribution is -2.38. The highest BCUT2D eigenvalue weighted by Gasteiger charge is 2.08. The molecule has 0 aromatic rings. The largest absolute Gasteiger partial charge is 0.341 e. The summed E-state index contributed by atoms with van der Waals surface area (Å²) in [6.45, 7) is 7.96. The van der Waals surface area contributed by atoms with E-state index in [0.29, 0.717) is 5.92 Å². The van der Waals surface area contributed by atoms with Gasteiger partial charge in [0.05, 0.1) is 0 Å². The summed E-state index contributed by atoms with van der Waals surface area (Å²) in [6.07, 6.45) is 1.07. The molecule has 0 aromatic heterocycles. The third-order valence-electron chi connectivity index (χ3n) is 1.86. The molecule has 3 heteroatoms. The normalized spacial score (nSPS) is 10.1. The molecule has 0 rings (SSSR count). The molecule has 2 amide bonds. The molecule has 0 aliphatic heterocycles. The van der Waals surface area contributed by atoms with E-state index in [1.165, 1.54) is 0 Å². The Kier molecular flexibility index (Phi) is 5.51. The summed E-state index contributed by atoms with van der Waals surface area (Å²) in [5.41, 5.74) is 0. The summed E-state index contributed by atoms with van der Waals surface area (Å²) >= 11 is 0. The second-order valence-electron chi connectivity index (χ2n) is 3.32. The summed E-state index contributed by atoms with van der Waals surface area (Å²) in [5.74, 6) is 0.656. The van der Waals surface area contributed by atoms with Crippen LogP contribution in [-0.2, 0) is 0 Å². The Bertz CT molecular complexity index is 134. The molecule has 0 unspecified atom stereocenters. The molecular formula is C9H20N2O. The van der Waals surface area contributed by atoms with Gasteiger partial charge in [-0.05, 0) is 19.3 Å². The standard InChI is InChI=1S/C9H20N2O/c1-5-11(9(12)10-4)7-6-8(2)3/h8H,5-7H2,1-4H3,(H,10,12). The van der Waals surface area contributed by atoms with Crippen LogP contribution in [0.4, 0.5) is 4.79 Å². The van der Waals surface area contributed by atoms with Crippen molar-refractivity contribution >= 4 is 6.03 Å². The van der Waals surface area contributed by atoms with Crippen LogP contribution in [0.3, 0.4) is 0 Å². The first kappa shape index (κ1) is 11.3. The number of nitrogens with zero attached hydrogens (tertiary/aromatic N) is 1. The summed E-state index contributed by atoms with van der Waals surface area (Å²) < 4.78 is 0. The van der Waals surface area contributed by atoms with Crippen molar-refractivity contribution in [3.8, 4) is 0 Å². The van der Waals surface area contributed by atoms with E-state index >= 15 is 0 Å². The summed E-state index contributed by atoms with van der Waals surface area (Å²) in [7, 11) is 1.67. The Hall–Kier alpha value is -0.730. The molecule has 0 aromatic carbocycles. The average molecular weight is 172 g/mol. The number of hydrogen-bond acceptors (Lipinski definition) is 1. The van der Waals surface area contributed by atoms with E-state index in [2.05, 4.69) is 19.2 Å². The zero-order chi connectivity index (χ0) is 9.56. The highest BCUT2D eigenvalue weighted by atomic mass is 16.2. The van der Waals surface area contributed by atoms with E-state index in [9.17, 15) is 4.79 Å². The van der Waals surface area contributed by atoms with Crippen molar-refractivity contribution < 1.29 is 4.79 Å². The number of carbonyl (C=O) groups is 1. The van der Waals surface area contributed by atoms with Gasteiger partial charge in [0.15, 0.2) is 0 Å². The van der Waals surface area contributed by atoms with Crippen molar-refractivity contribution in [2.24, 2.45) is 5.92 Å². The molecule has 0 radical (unpaired) electrons. The van der Waals surface area contributed by atoms with E-state index in [-0.39, 0.29) is 6.03 Å². The number of rotatable bonds is 4. The maximum absolute atomic E-state index is 11.2.